The van der Waals surface area contributed by atoms with Gasteiger partial charge in [-0.15, -0.1) is 10.2 Å². The van der Waals surface area contributed by atoms with Crippen molar-refractivity contribution < 1.29 is 46.0 Å². The molecule has 0 saturated carbocycles. The topological polar surface area (TPSA) is 239 Å². The summed E-state index contributed by atoms with van der Waals surface area (Å²) in [5, 5.41) is 101. The van der Waals surface area contributed by atoms with Gasteiger partial charge in [-0.1, -0.05) is 0 Å². The van der Waals surface area contributed by atoms with Crippen molar-refractivity contribution in [2.75, 3.05) is 0 Å². The Morgan fingerprint density at radius 1 is 0.528 bits per heavy atom. The maximum absolute atomic E-state index is 10.00. The summed E-state index contributed by atoms with van der Waals surface area (Å²) in [6.45, 7) is 0. The van der Waals surface area contributed by atoms with Crippen molar-refractivity contribution in [2.45, 2.75) is 0 Å². The maximum Gasteiger partial charge on any atom is 0.204 e. The van der Waals surface area contributed by atoms with Crippen LogP contribution in [0.3, 0.4) is 0 Å². The molecule has 14 nitrogen and oxygen atoms in total. The molecule has 14 heteroatoms. The fourth-order valence-corrected chi connectivity index (χ4v) is 3.50. The zero-order valence-corrected chi connectivity index (χ0v) is 17.7. The number of nitrogens with zero attached hydrogens (tertiary/aromatic N) is 5. The molecule has 182 valence electrons. The van der Waals surface area contributed by atoms with Gasteiger partial charge in [-0.25, -0.2) is 9.67 Å². The van der Waals surface area contributed by atoms with E-state index < -0.39 is 51.7 Å². The van der Waals surface area contributed by atoms with Gasteiger partial charge in [0, 0.05) is 23.3 Å². The lowest BCUT2D eigenvalue weighted by atomic mass is 10.1. The van der Waals surface area contributed by atoms with E-state index in [2.05, 4.69) is 20.3 Å². The van der Waals surface area contributed by atoms with Gasteiger partial charge in [-0.05, 0) is 24.3 Å². The molecule has 0 bridgehead atoms. The summed E-state index contributed by atoms with van der Waals surface area (Å²) in [6.07, 6.45) is 0. The highest BCUT2D eigenvalue weighted by Crippen LogP contribution is 2.42. The molecule has 36 heavy (non-hydrogen) atoms. The van der Waals surface area contributed by atoms with E-state index in [0.717, 1.165) is 41.1 Å². The number of aromatic nitrogens is 5. The van der Waals surface area contributed by atoms with Gasteiger partial charge in [0.05, 0.1) is 5.69 Å². The summed E-state index contributed by atoms with van der Waals surface area (Å²) < 4.78 is 1.10. The minimum Gasteiger partial charge on any atom is -0.504 e. The van der Waals surface area contributed by atoms with Crippen molar-refractivity contribution in [3.05, 3.63) is 36.4 Å². The Balaban J connectivity index is 1.81. The van der Waals surface area contributed by atoms with Crippen LogP contribution < -0.4 is 0 Å². The van der Waals surface area contributed by atoms with E-state index in [0.29, 0.717) is 0 Å². The average Bonchev–Trinajstić information content (AvgIpc) is 3.22. The number of aromatic hydroxyl groups is 9. The van der Waals surface area contributed by atoms with E-state index >= 15 is 0 Å². The van der Waals surface area contributed by atoms with Crippen LogP contribution in [0.25, 0.3) is 39.5 Å². The predicted molar refractivity (Wildman–Crippen MR) is 120 cm³/mol. The predicted octanol–water partition coefficient (Wildman–Crippen LogP) is 1.89. The van der Waals surface area contributed by atoms with Crippen molar-refractivity contribution >= 4 is 11.2 Å². The van der Waals surface area contributed by atoms with Crippen molar-refractivity contribution in [3.8, 4) is 80.1 Å². The largest absolute Gasteiger partial charge is 0.504 e. The second kappa shape index (κ2) is 7.69. The molecule has 0 aliphatic carbocycles. The first kappa shape index (κ1) is 22.1. The number of fused-ring (bicyclic) bond motifs is 1. The molecule has 0 spiro atoms. The Kier molecular flexibility index (Phi) is 4.73. The van der Waals surface area contributed by atoms with E-state index in [1.807, 2.05) is 0 Å². The lowest BCUT2D eigenvalue weighted by molar-refractivity contribution is 0.367. The first-order chi connectivity index (χ1) is 17.0. The molecule has 3 aromatic carbocycles. The van der Waals surface area contributed by atoms with Crippen LogP contribution in [0.4, 0.5) is 0 Å². The van der Waals surface area contributed by atoms with Crippen LogP contribution in [-0.4, -0.2) is 70.9 Å². The summed E-state index contributed by atoms with van der Waals surface area (Å²) >= 11 is 0. The van der Waals surface area contributed by atoms with Crippen molar-refractivity contribution in [1.82, 2.24) is 25.0 Å². The van der Waals surface area contributed by atoms with Crippen LogP contribution in [0.15, 0.2) is 36.4 Å². The molecule has 0 unspecified atom stereocenters. The SMILES string of the molecule is Oc1cc(-c2nnc3c(n2)c(-c2cc(O)c(O)c(O)c2)nn3-c2cc(O)c(O)c(O)c2)cc(O)c1O. The molecule has 0 aliphatic heterocycles. The second-order valence-electron chi connectivity index (χ2n) is 7.63. The molecule has 0 amide bonds. The van der Waals surface area contributed by atoms with Crippen LogP contribution in [0.1, 0.15) is 0 Å². The van der Waals surface area contributed by atoms with E-state index in [4.69, 9.17) is 0 Å². The lowest BCUT2D eigenvalue weighted by Crippen LogP contribution is -2.00. The van der Waals surface area contributed by atoms with Crippen LogP contribution in [-0.2, 0) is 0 Å². The molecule has 0 radical (unpaired) electrons. The number of phenols is 9. The monoisotopic (exact) mass is 493 g/mol. The summed E-state index contributed by atoms with van der Waals surface area (Å²) in [7, 11) is 0. The Bertz CT molecular complexity index is 1630. The van der Waals surface area contributed by atoms with Crippen LogP contribution in [0, 0.1) is 0 Å². The summed E-state index contributed by atoms with van der Waals surface area (Å²) in [5.41, 5.74) is 0.107. The minimum absolute atomic E-state index is 0.00333. The summed E-state index contributed by atoms with van der Waals surface area (Å²) in [5.74, 6) is -6.35. The van der Waals surface area contributed by atoms with Gasteiger partial charge in [-0.2, -0.15) is 5.10 Å². The first-order valence-electron chi connectivity index (χ1n) is 9.94. The van der Waals surface area contributed by atoms with Crippen LogP contribution in [0.2, 0.25) is 0 Å². The number of phenolic OH excluding ortho intramolecular Hbond substituents is 9. The quantitative estimate of drug-likeness (QED) is 0.163. The molecule has 2 heterocycles. The van der Waals surface area contributed by atoms with Crippen molar-refractivity contribution in [1.29, 1.82) is 0 Å². The Hall–Kier alpha value is -5.66. The molecule has 2 aromatic heterocycles. The molecule has 0 atom stereocenters. The average molecular weight is 493 g/mol. The highest BCUT2D eigenvalue weighted by Gasteiger charge is 2.23. The Morgan fingerprint density at radius 3 is 1.47 bits per heavy atom. The fraction of sp³-hybridized carbons (Fsp3) is 0. The Labute approximate surface area is 199 Å². The van der Waals surface area contributed by atoms with Gasteiger partial charge < -0.3 is 46.0 Å². The molecule has 9 N–H and O–H groups in total. The zero-order valence-electron chi connectivity index (χ0n) is 17.7. The Morgan fingerprint density at radius 2 is 0.972 bits per heavy atom. The van der Waals surface area contributed by atoms with Gasteiger partial charge in [0.1, 0.15) is 11.2 Å². The molecular formula is C22H15N5O9. The maximum atomic E-state index is 10.00. The number of benzene rings is 3. The van der Waals surface area contributed by atoms with E-state index in [-0.39, 0.29) is 39.5 Å². The highest BCUT2D eigenvalue weighted by atomic mass is 16.3. The molecule has 5 aromatic rings. The standard InChI is InChI=1S/C22H15N5O9/c28-10-1-7(2-11(29)18(10)34)16-17-22(27(26-16)9-5-14(32)20(36)15(33)6-9)25-24-21(23-17)8-3-12(30)19(35)13(31)4-8/h1-6,28-36H. The normalized spacial score (nSPS) is 11.2. The zero-order chi connectivity index (χ0) is 25.9. The lowest BCUT2D eigenvalue weighted by Gasteiger charge is -2.07. The van der Waals surface area contributed by atoms with Crippen LogP contribution >= 0.6 is 0 Å². The molecule has 0 fully saturated rings. The minimum atomic E-state index is -0.764. The summed E-state index contributed by atoms with van der Waals surface area (Å²) in [6, 6.07) is 6.48. The van der Waals surface area contributed by atoms with Gasteiger partial charge in [0.25, 0.3) is 0 Å². The van der Waals surface area contributed by atoms with Crippen molar-refractivity contribution in [3.63, 3.8) is 0 Å². The molecular weight excluding hydrogens is 478 g/mol. The van der Waals surface area contributed by atoms with Gasteiger partial charge in [0.2, 0.25) is 5.65 Å². The van der Waals surface area contributed by atoms with Gasteiger partial charge in [0.15, 0.2) is 57.6 Å². The van der Waals surface area contributed by atoms with E-state index in [1.165, 1.54) is 0 Å². The van der Waals surface area contributed by atoms with Gasteiger partial charge in [-0.3, -0.25) is 0 Å². The van der Waals surface area contributed by atoms with Crippen molar-refractivity contribution in [2.24, 2.45) is 0 Å². The number of rotatable bonds is 3. The second-order valence-corrected chi connectivity index (χ2v) is 7.63. The highest BCUT2D eigenvalue weighted by molar-refractivity contribution is 5.90. The smallest absolute Gasteiger partial charge is 0.204 e. The van der Waals surface area contributed by atoms with E-state index in [9.17, 15) is 46.0 Å². The summed E-state index contributed by atoms with van der Waals surface area (Å²) in [4.78, 5) is 4.36. The third-order valence-corrected chi connectivity index (χ3v) is 5.26. The number of hydrogen-bond donors (Lipinski definition) is 9. The first-order valence-corrected chi connectivity index (χ1v) is 9.94. The number of hydrogen-bond acceptors (Lipinski definition) is 13. The molecule has 0 saturated heterocycles. The third-order valence-electron chi connectivity index (χ3n) is 5.26. The fourth-order valence-electron chi connectivity index (χ4n) is 3.50. The third kappa shape index (κ3) is 3.37. The molecule has 5 rings (SSSR count). The van der Waals surface area contributed by atoms with Gasteiger partial charge >= 0.3 is 0 Å². The van der Waals surface area contributed by atoms with E-state index in [1.54, 1.807) is 0 Å². The van der Waals surface area contributed by atoms with Crippen LogP contribution in [0.5, 0.6) is 51.7 Å². The molecule has 0 aliphatic rings.